The Labute approximate surface area is 310 Å². The zero-order chi connectivity index (χ0) is 34.8. The second kappa shape index (κ2) is 13.0. The standard InChI is InChI=1S/C44H44N4O.Pd/c1-27-20-21-45-40(24-27)47-38-17-12-11-14-34(38)35-19-18-32(26-39(35)47)49-33-23-28(2)22-31(25-33)48-30(4)41(29(3)46-48)42-36(43(5,6)7)15-13-16-37(42)44(8,9)10;/h11-24H,1-10H3;/q-2;+2. The number of aryl methyl sites for hydroxylation is 3. The topological polar surface area (TPSA) is 44.9 Å². The van der Waals surface area contributed by atoms with Crippen LogP contribution < -0.4 is 4.74 Å². The number of aromatic nitrogens is 4. The molecule has 3 aromatic heterocycles. The van der Waals surface area contributed by atoms with Gasteiger partial charge in [0.15, 0.2) is 0 Å². The van der Waals surface area contributed by atoms with Gasteiger partial charge in [-0.3, -0.25) is 4.68 Å². The molecule has 0 radical (unpaired) electrons. The van der Waals surface area contributed by atoms with Crippen LogP contribution in [0, 0.1) is 39.8 Å². The summed E-state index contributed by atoms with van der Waals surface area (Å²) in [5.41, 5.74) is 12.2. The van der Waals surface area contributed by atoms with Crippen LogP contribution in [0.4, 0.5) is 0 Å². The molecule has 0 amide bonds. The smallest absolute Gasteiger partial charge is 0.509 e. The fourth-order valence-electron chi connectivity index (χ4n) is 7.07. The van der Waals surface area contributed by atoms with E-state index in [1.807, 2.05) is 29.1 Å². The van der Waals surface area contributed by atoms with Crippen LogP contribution in [0.2, 0.25) is 0 Å². The number of nitrogens with zero attached hydrogens (tertiary/aromatic N) is 4. The third-order valence-corrected chi connectivity index (χ3v) is 9.33. The molecule has 0 saturated heterocycles. The van der Waals surface area contributed by atoms with Gasteiger partial charge in [-0.15, -0.1) is 35.7 Å². The van der Waals surface area contributed by atoms with E-state index in [2.05, 4.69) is 147 Å². The summed E-state index contributed by atoms with van der Waals surface area (Å²) < 4.78 is 10.7. The summed E-state index contributed by atoms with van der Waals surface area (Å²) in [5.74, 6) is 2.08. The van der Waals surface area contributed by atoms with Crippen LogP contribution in [0.25, 0.3) is 44.4 Å². The fourth-order valence-corrected chi connectivity index (χ4v) is 7.07. The molecule has 0 aliphatic carbocycles. The fraction of sp³-hybridized carbons (Fsp3) is 0.273. The molecule has 7 rings (SSSR count). The van der Waals surface area contributed by atoms with Gasteiger partial charge < -0.3 is 9.30 Å². The minimum Gasteiger partial charge on any atom is -0.509 e. The Morgan fingerprint density at radius 2 is 1.36 bits per heavy atom. The van der Waals surface area contributed by atoms with E-state index in [0.717, 1.165) is 55.8 Å². The molecule has 6 heteroatoms. The summed E-state index contributed by atoms with van der Waals surface area (Å²) in [5, 5.41) is 7.37. The number of para-hydroxylation sites is 1. The van der Waals surface area contributed by atoms with E-state index in [9.17, 15) is 0 Å². The van der Waals surface area contributed by atoms with Crippen molar-refractivity contribution in [3.8, 4) is 34.1 Å². The van der Waals surface area contributed by atoms with Crippen LogP contribution in [0.5, 0.6) is 11.5 Å². The molecule has 5 nitrogen and oxygen atoms in total. The number of hydrogen-bond donors (Lipinski definition) is 0. The van der Waals surface area contributed by atoms with Gasteiger partial charge in [0, 0.05) is 34.5 Å². The molecule has 0 saturated carbocycles. The van der Waals surface area contributed by atoms with Crippen molar-refractivity contribution in [1.29, 1.82) is 0 Å². The molecule has 3 heterocycles. The number of benzene rings is 4. The van der Waals surface area contributed by atoms with E-state index < -0.39 is 0 Å². The van der Waals surface area contributed by atoms with Gasteiger partial charge in [-0.05, 0) is 83.1 Å². The van der Waals surface area contributed by atoms with Crippen molar-refractivity contribution in [2.24, 2.45) is 0 Å². The van der Waals surface area contributed by atoms with Crippen LogP contribution in [0.3, 0.4) is 0 Å². The normalized spacial score (nSPS) is 12.0. The van der Waals surface area contributed by atoms with Gasteiger partial charge in [0.1, 0.15) is 5.82 Å². The molecular formula is C44H44N4OPd. The van der Waals surface area contributed by atoms with Gasteiger partial charge in [-0.1, -0.05) is 90.4 Å². The molecule has 50 heavy (non-hydrogen) atoms. The Balaban J connectivity index is 0.00000432. The summed E-state index contributed by atoms with van der Waals surface area (Å²) in [6.07, 6.45) is 1.85. The van der Waals surface area contributed by atoms with Gasteiger partial charge in [0.05, 0.1) is 5.69 Å². The van der Waals surface area contributed by atoms with Gasteiger partial charge in [-0.2, -0.15) is 16.7 Å². The average molecular weight is 751 g/mol. The Morgan fingerprint density at radius 1 is 0.660 bits per heavy atom. The minimum atomic E-state index is -0.0350. The Bertz CT molecular complexity index is 2350. The maximum absolute atomic E-state index is 6.54. The number of pyridine rings is 1. The Kier molecular flexibility index (Phi) is 9.18. The van der Waals surface area contributed by atoms with E-state index in [1.54, 1.807) is 0 Å². The molecular weight excluding hydrogens is 707 g/mol. The van der Waals surface area contributed by atoms with E-state index in [0.29, 0.717) is 11.5 Å². The second-order valence-electron chi connectivity index (χ2n) is 15.3. The van der Waals surface area contributed by atoms with Crippen LogP contribution in [-0.2, 0) is 31.3 Å². The van der Waals surface area contributed by atoms with Gasteiger partial charge >= 0.3 is 20.4 Å². The van der Waals surface area contributed by atoms with E-state index in [1.165, 1.54) is 22.3 Å². The predicted octanol–water partition coefficient (Wildman–Crippen LogP) is 11.3. The minimum absolute atomic E-state index is 0. The van der Waals surface area contributed by atoms with Crippen molar-refractivity contribution in [2.75, 3.05) is 0 Å². The van der Waals surface area contributed by atoms with Crippen molar-refractivity contribution in [3.63, 3.8) is 0 Å². The van der Waals surface area contributed by atoms with Crippen molar-refractivity contribution in [2.45, 2.75) is 80.1 Å². The molecule has 0 unspecified atom stereocenters. The van der Waals surface area contributed by atoms with Crippen LogP contribution >= 0.6 is 0 Å². The molecule has 7 aromatic rings. The maximum atomic E-state index is 6.54. The molecule has 0 aliphatic heterocycles. The van der Waals surface area contributed by atoms with E-state index in [4.69, 9.17) is 14.8 Å². The van der Waals surface area contributed by atoms with Crippen LogP contribution in [-0.4, -0.2) is 19.3 Å². The van der Waals surface area contributed by atoms with Gasteiger partial charge in [-0.25, -0.2) is 4.98 Å². The first kappa shape index (κ1) is 35.3. The number of fused-ring (bicyclic) bond motifs is 3. The van der Waals surface area contributed by atoms with Crippen molar-refractivity contribution in [3.05, 3.63) is 131 Å². The SMILES string of the molecule is Cc1cc(Oc2[c-]c3c(cc2)c2ccccc2n3-c2cc(C)ccn2)[c-]c(-n2nc(C)c(-c3c(C(C)(C)C)cccc3C(C)(C)C)c2C)c1.[Pd+2]. The third kappa shape index (κ3) is 6.32. The zero-order valence-corrected chi connectivity index (χ0v) is 32.2. The van der Waals surface area contributed by atoms with Crippen molar-refractivity contribution in [1.82, 2.24) is 19.3 Å². The number of ether oxygens (including phenoxy) is 1. The Morgan fingerprint density at radius 3 is 2.04 bits per heavy atom. The molecule has 0 aliphatic rings. The van der Waals surface area contributed by atoms with E-state index >= 15 is 0 Å². The average Bonchev–Trinajstić information content (AvgIpc) is 3.52. The Hall–Kier alpha value is -4.50. The molecule has 0 fully saturated rings. The first-order chi connectivity index (χ1) is 23.2. The second-order valence-corrected chi connectivity index (χ2v) is 15.3. The van der Waals surface area contributed by atoms with Gasteiger partial charge in [0.2, 0.25) is 0 Å². The summed E-state index contributed by atoms with van der Waals surface area (Å²) in [7, 11) is 0. The van der Waals surface area contributed by atoms with Crippen LogP contribution in [0.15, 0.2) is 85.1 Å². The third-order valence-electron chi connectivity index (χ3n) is 9.33. The molecule has 0 bridgehead atoms. The van der Waals surface area contributed by atoms with Gasteiger partial charge in [0.25, 0.3) is 0 Å². The number of hydrogen-bond acceptors (Lipinski definition) is 3. The largest absolute Gasteiger partial charge is 2.00 e. The molecule has 0 spiro atoms. The zero-order valence-electron chi connectivity index (χ0n) is 30.6. The summed E-state index contributed by atoms with van der Waals surface area (Å²) in [6, 6.07) is 34.6. The molecule has 0 atom stereocenters. The molecule has 0 N–H and O–H groups in total. The number of rotatable bonds is 5. The van der Waals surface area contributed by atoms with Crippen molar-refractivity contribution < 1.29 is 25.2 Å². The first-order valence-corrected chi connectivity index (χ1v) is 17.0. The monoisotopic (exact) mass is 750 g/mol. The predicted molar refractivity (Wildman–Crippen MR) is 202 cm³/mol. The first-order valence-electron chi connectivity index (χ1n) is 17.0. The van der Waals surface area contributed by atoms with E-state index in [-0.39, 0.29) is 31.3 Å². The van der Waals surface area contributed by atoms with Crippen LogP contribution in [0.1, 0.15) is 75.2 Å². The molecule has 4 aromatic carbocycles. The molecule has 256 valence electrons. The van der Waals surface area contributed by atoms with Crippen molar-refractivity contribution >= 4 is 21.8 Å². The quantitative estimate of drug-likeness (QED) is 0.130. The summed E-state index contributed by atoms with van der Waals surface area (Å²) in [4.78, 5) is 4.72. The maximum Gasteiger partial charge on any atom is 2.00 e. The summed E-state index contributed by atoms with van der Waals surface area (Å²) in [6.45, 7) is 22.2. The summed E-state index contributed by atoms with van der Waals surface area (Å²) >= 11 is 0.